The van der Waals surface area contributed by atoms with Crippen molar-refractivity contribution < 1.29 is 0 Å². The Morgan fingerprint density at radius 2 is 2.08 bits per heavy atom. The number of nitrogens with zero attached hydrogens (tertiary/aromatic N) is 2. The van der Waals surface area contributed by atoms with E-state index in [0.29, 0.717) is 5.02 Å². The molecule has 0 bridgehead atoms. The summed E-state index contributed by atoms with van der Waals surface area (Å²) in [5.41, 5.74) is 0.750. The van der Waals surface area contributed by atoms with E-state index in [1.807, 2.05) is 24.3 Å². The van der Waals surface area contributed by atoms with Crippen molar-refractivity contribution in [1.29, 1.82) is 0 Å². The molecule has 2 nitrogen and oxygen atoms in total. The second-order valence-electron chi connectivity index (χ2n) is 2.77. The molecule has 0 radical (unpaired) electrons. The zero-order valence-corrected chi connectivity index (χ0v) is 8.46. The molecule has 0 aromatic heterocycles. The molecule has 0 saturated carbocycles. The maximum atomic E-state index is 5.88. The maximum absolute atomic E-state index is 5.88. The summed E-state index contributed by atoms with van der Waals surface area (Å²) < 4.78 is 0. The monoisotopic (exact) mass is 196 g/mol. The van der Waals surface area contributed by atoms with E-state index in [-0.39, 0.29) is 0 Å². The van der Waals surface area contributed by atoms with Crippen LogP contribution in [0.4, 0.5) is 5.69 Å². The van der Waals surface area contributed by atoms with Gasteiger partial charge in [-0.25, -0.2) is 0 Å². The topological polar surface area (TPSA) is 24.7 Å². The Bertz CT molecular complexity index is 284. The van der Waals surface area contributed by atoms with E-state index in [1.54, 1.807) is 0 Å². The standard InChI is InChI=1S/C10H13ClN2/c1-2-3-8-12-13-10-7-5-4-6-9(10)11/h4-7H,2-3,8H2,1H3. The third-order valence-corrected chi connectivity index (χ3v) is 1.96. The molecular weight excluding hydrogens is 184 g/mol. The van der Waals surface area contributed by atoms with Crippen LogP contribution < -0.4 is 0 Å². The fraction of sp³-hybridized carbons (Fsp3) is 0.400. The number of rotatable bonds is 4. The van der Waals surface area contributed by atoms with Crippen LogP contribution in [0.2, 0.25) is 5.02 Å². The number of halogens is 1. The molecule has 0 amide bonds. The summed E-state index contributed by atoms with van der Waals surface area (Å²) in [6.45, 7) is 2.91. The number of benzene rings is 1. The molecule has 0 atom stereocenters. The van der Waals surface area contributed by atoms with Crippen LogP contribution in [0.5, 0.6) is 0 Å². The quantitative estimate of drug-likeness (QED) is 0.509. The van der Waals surface area contributed by atoms with Crippen LogP contribution in [0.15, 0.2) is 34.5 Å². The normalized spacial score (nSPS) is 10.9. The molecule has 0 heterocycles. The zero-order valence-electron chi connectivity index (χ0n) is 7.70. The molecule has 0 aliphatic heterocycles. The lowest BCUT2D eigenvalue weighted by molar-refractivity contribution is 0.780. The molecule has 3 heteroatoms. The SMILES string of the molecule is CCCCN=Nc1ccccc1Cl. The highest BCUT2D eigenvalue weighted by atomic mass is 35.5. The molecule has 0 unspecified atom stereocenters. The van der Waals surface area contributed by atoms with E-state index in [9.17, 15) is 0 Å². The fourth-order valence-electron chi connectivity index (χ4n) is 0.888. The van der Waals surface area contributed by atoms with Gasteiger partial charge in [0.05, 0.1) is 11.6 Å². The van der Waals surface area contributed by atoms with Gasteiger partial charge < -0.3 is 0 Å². The average molecular weight is 197 g/mol. The van der Waals surface area contributed by atoms with Crippen LogP contribution in [-0.4, -0.2) is 6.54 Å². The van der Waals surface area contributed by atoms with Gasteiger partial charge in [-0.1, -0.05) is 37.1 Å². The molecule has 1 aromatic carbocycles. The highest BCUT2D eigenvalue weighted by molar-refractivity contribution is 6.32. The Labute approximate surface area is 83.6 Å². The highest BCUT2D eigenvalue weighted by Crippen LogP contribution is 2.23. The third-order valence-electron chi connectivity index (χ3n) is 1.64. The van der Waals surface area contributed by atoms with Gasteiger partial charge in [0.2, 0.25) is 0 Å². The van der Waals surface area contributed by atoms with Crippen LogP contribution in [0.25, 0.3) is 0 Å². The van der Waals surface area contributed by atoms with E-state index in [2.05, 4.69) is 17.2 Å². The molecule has 0 aliphatic carbocycles. The molecular formula is C10H13ClN2. The molecule has 1 rings (SSSR count). The summed E-state index contributed by atoms with van der Waals surface area (Å²) in [5, 5.41) is 8.72. The third kappa shape index (κ3) is 3.55. The fourth-order valence-corrected chi connectivity index (χ4v) is 1.06. The molecule has 0 fully saturated rings. The van der Waals surface area contributed by atoms with Crippen molar-refractivity contribution in [2.24, 2.45) is 10.2 Å². The van der Waals surface area contributed by atoms with Crippen molar-refractivity contribution in [2.45, 2.75) is 19.8 Å². The van der Waals surface area contributed by atoms with Gasteiger partial charge in [-0.05, 0) is 18.6 Å². The van der Waals surface area contributed by atoms with Crippen molar-refractivity contribution in [2.75, 3.05) is 6.54 Å². The Morgan fingerprint density at radius 3 is 2.77 bits per heavy atom. The predicted molar refractivity (Wildman–Crippen MR) is 55.7 cm³/mol. The van der Waals surface area contributed by atoms with Gasteiger partial charge in [-0.2, -0.15) is 10.2 Å². The molecule has 1 aromatic rings. The van der Waals surface area contributed by atoms with Gasteiger partial charge in [-0.15, -0.1) is 0 Å². The van der Waals surface area contributed by atoms with Crippen molar-refractivity contribution in [3.05, 3.63) is 29.3 Å². The van der Waals surface area contributed by atoms with Gasteiger partial charge in [0.1, 0.15) is 5.69 Å². The minimum atomic E-state index is 0.655. The molecule has 0 N–H and O–H groups in total. The van der Waals surface area contributed by atoms with E-state index in [4.69, 9.17) is 11.6 Å². The minimum absolute atomic E-state index is 0.655. The summed E-state index contributed by atoms with van der Waals surface area (Å²) in [5.74, 6) is 0. The van der Waals surface area contributed by atoms with Crippen molar-refractivity contribution in [3.63, 3.8) is 0 Å². The first kappa shape index (κ1) is 10.2. The molecule has 70 valence electrons. The lowest BCUT2D eigenvalue weighted by Crippen LogP contribution is -1.75. The summed E-state index contributed by atoms with van der Waals surface area (Å²) in [7, 11) is 0. The van der Waals surface area contributed by atoms with Crippen LogP contribution in [0.3, 0.4) is 0 Å². The van der Waals surface area contributed by atoms with Gasteiger partial charge >= 0.3 is 0 Å². The second-order valence-corrected chi connectivity index (χ2v) is 3.18. The van der Waals surface area contributed by atoms with Crippen molar-refractivity contribution in [1.82, 2.24) is 0 Å². The lowest BCUT2D eigenvalue weighted by atomic mass is 10.3. The van der Waals surface area contributed by atoms with E-state index >= 15 is 0 Å². The first-order chi connectivity index (χ1) is 6.34. The maximum Gasteiger partial charge on any atom is 0.104 e. The van der Waals surface area contributed by atoms with Crippen LogP contribution in [-0.2, 0) is 0 Å². The Kier molecular flexibility index (Phi) is 4.47. The average Bonchev–Trinajstić information content (AvgIpc) is 2.15. The Hall–Kier alpha value is -0.890. The molecule has 0 aliphatic rings. The van der Waals surface area contributed by atoms with E-state index in [0.717, 1.165) is 25.1 Å². The summed E-state index contributed by atoms with van der Waals surface area (Å²) in [4.78, 5) is 0. The smallest absolute Gasteiger partial charge is 0.104 e. The first-order valence-electron chi connectivity index (χ1n) is 4.46. The number of hydrogen-bond acceptors (Lipinski definition) is 2. The van der Waals surface area contributed by atoms with Gasteiger partial charge in [0.25, 0.3) is 0 Å². The second kappa shape index (κ2) is 5.70. The number of unbranched alkanes of at least 4 members (excludes halogenated alkanes) is 1. The predicted octanol–water partition coefficient (Wildman–Crippen LogP) is 4.22. The largest absolute Gasteiger partial charge is 0.189 e. The van der Waals surface area contributed by atoms with Gasteiger partial charge in [0.15, 0.2) is 0 Å². The summed E-state index contributed by atoms with van der Waals surface area (Å²) in [6.07, 6.45) is 2.22. The van der Waals surface area contributed by atoms with Crippen molar-refractivity contribution in [3.8, 4) is 0 Å². The van der Waals surface area contributed by atoms with E-state index in [1.165, 1.54) is 0 Å². The summed E-state index contributed by atoms with van der Waals surface area (Å²) >= 11 is 5.88. The Morgan fingerprint density at radius 1 is 1.31 bits per heavy atom. The zero-order chi connectivity index (χ0) is 9.52. The number of hydrogen-bond donors (Lipinski definition) is 0. The lowest BCUT2D eigenvalue weighted by Gasteiger charge is -1.94. The van der Waals surface area contributed by atoms with Crippen LogP contribution in [0.1, 0.15) is 19.8 Å². The van der Waals surface area contributed by atoms with Crippen LogP contribution in [0, 0.1) is 0 Å². The van der Waals surface area contributed by atoms with Crippen LogP contribution >= 0.6 is 11.6 Å². The first-order valence-corrected chi connectivity index (χ1v) is 4.84. The molecule has 13 heavy (non-hydrogen) atoms. The Balaban J connectivity index is 2.53. The number of azo groups is 1. The minimum Gasteiger partial charge on any atom is -0.189 e. The summed E-state index contributed by atoms with van der Waals surface area (Å²) in [6, 6.07) is 7.46. The highest BCUT2D eigenvalue weighted by Gasteiger charge is 1.94. The van der Waals surface area contributed by atoms with Crippen molar-refractivity contribution >= 4 is 17.3 Å². The molecule has 0 saturated heterocycles. The van der Waals surface area contributed by atoms with Gasteiger partial charge in [0, 0.05) is 0 Å². The molecule has 0 spiro atoms. The van der Waals surface area contributed by atoms with Gasteiger partial charge in [-0.3, -0.25) is 0 Å². The van der Waals surface area contributed by atoms with E-state index < -0.39 is 0 Å².